The second kappa shape index (κ2) is 7.67. The van der Waals surface area contributed by atoms with Crippen LogP contribution in [0.15, 0.2) is 47.3 Å². The minimum atomic E-state index is -0.289. The molecular weight excluding hydrogens is 386 g/mol. The van der Waals surface area contributed by atoms with Crippen molar-refractivity contribution in [2.45, 2.75) is 27.3 Å². The van der Waals surface area contributed by atoms with Crippen LogP contribution in [0.25, 0.3) is 16.0 Å². The summed E-state index contributed by atoms with van der Waals surface area (Å²) in [6.45, 7) is 6.93. The van der Waals surface area contributed by atoms with Crippen LogP contribution in [-0.2, 0) is 6.54 Å². The monoisotopic (exact) mass is 407 g/mol. The number of benzene rings is 2. The lowest BCUT2D eigenvalue weighted by Gasteiger charge is -2.07. The summed E-state index contributed by atoms with van der Waals surface area (Å²) < 4.78 is 6.98. The SMILES string of the molecule is CCOc1ccc(CNC(=O)c2cc(=O)n3c(nc4cc(C)c(C)cc43)s2)cc1. The summed E-state index contributed by atoms with van der Waals surface area (Å²) in [5.74, 6) is 0.506. The number of rotatable bonds is 5. The number of carbonyl (C=O) groups excluding carboxylic acids is 1. The van der Waals surface area contributed by atoms with Gasteiger partial charge < -0.3 is 10.1 Å². The zero-order chi connectivity index (χ0) is 20.5. The average Bonchev–Trinajstić information content (AvgIpc) is 3.05. The number of aromatic nitrogens is 2. The molecule has 1 N–H and O–H groups in total. The fraction of sp³-hybridized carbons (Fsp3) is 0.227. The van der Waals surface area contributed by atoms with Crippen molar-refractivity contribution in [3.63, 3.8) is 0 Å². The molecule has 0 saturated heterocycles. The Labute approximate surface area is 171 Å². The highest BCUT2D eigenvalue weighted by Crippen LogP contribution is 2.22. The number of nitrogens with zero attached hydrogens (tertiary/aromatic N) is 2. The Morgan fingerprint density at radius 2 is 1.86 bits per heavy atom. The van der Waals surface area contributed by atoms with Gasteiger partial charge in [-0.3, -0.25) is 14.0 Å². The largest absolute Gasteiger partial charge is 0.494 e. The number of ether oxygens (including phenoxy) is 1. The molecule has 0 spiro atoms. The second-order valence-corrected chi connectivity index (χ2v) is 7.87. The lowest BCUT2D eigenvalue weighted by molar-refractivity contribution is 0.0954. The Kier molecular flexibility index (Phi) is 5.07. The summed E-state index contributed by atoms with van der Waals surface area (Å²) in [7, 11) is 0. The van der Waals surface area contributed by atoms with Crippen molar-refractivity contribution in [2.75, 3.05) is 6.61 Å². The lowest BCUT2D eigenvalue weighted by atomic mass is 10.1. The van der Waals surface area contributed by atoms with Gasteiger partial charge in [0, 0.05) is 12.6 Å². The molecule has 2 aromatic carbocycles. The molecule has 29 heavy (non-hydrogen) atoms. The number of hydrogen-bond donors (Lipinski definition) is 1. The third-order valence-electron chi connectivity index (χ3n) is 4.83. The Balaban J connectivity index is 1.59. The molecule has 0 aliphatic carbocycles. The summed E-state index contributed by atoms with van der Waals surface area (Å²) in [4.78, 5) is 30.7. The third-order valence-corrected chi connectivity index (χ3v) is 5.81. The van der Waals surface area contributed by atoms with E-state index >= 15 is 0 Å². The van der Waals surface area contributed by atoms with E-state index in [4.69, 9.17) is 4.74 Å². The van der Waals surface area contributed by atoms with Crippen molar-refractivity contribution in [3.8, 4) is 5.75 Å². The van der Waals surface area contributed by atoms with Crippen LogP contribution in [0.3, 0.4) is 0 Å². The van der Waals surface area contributed by atoms with E-state index in [2.05, 4.69) is 10.3 Å². The van der Waals surface area contributed by atoms with Crippen LogP contribution in [0.4, 0.5) is 0 Å². The molecule has 4 rings (SSSR count). The fourth-order valence-corrected chi connectivity index (χ4v) is 4.09. The molecule has 7 heteroatoms. The quantitative estimate of drug-likeness (QED) is 0.545. The van der Waals surface area contributed by atoms with Crippen molar-refractivity contribution >= 4 is 33.2 Å². The lowest BCUT2D eigenvalue weighted by Crippen LogP contribution is -2.24. The van der Waals surface area contributed by atoms with Gasteiger partial charge in [0.1, 0.15) is 10.6 Å². The molecule has 4 aromatic rings. The van der Waals surface area contributed by atoms with Crippen molar-refractivity contribution in [3.05, 3.63) is 74.4 Å². The van der Waals surface area contributed by atoms with Gasteiger partial charge in [-0.1, -0.05) is 23.5 Å². The molecule has 0 unspecified atom stereocenters. The van der Waals surface area contributed by atoms with Crippen molar-refractivity contribution in [2.24, 2.45) is 0 Å². The van der Waals surface area contributed by atoms with Crippen molar-refractivity contribution < 1.29 is 9.53 Å². The first-order valence-corrected chi connectivity index (χ1v) is 10.2. The number of nitrogens with one attached hydrogen (secondary N) is 1. The van der Waals surface area contributed by atoms with Crippen LogP contribution in [-0.4, -0.2) is 21.9 Å². The van der Waals surface area contributed by atoms with Crippen LogP contribution < -0.4 is 15.6 Å². The molecule has 2 heterocycles. The molecule has 0 aliphatic heterocycles. The van der Waals surface area contributed by atoms with E-state index in [1.54, 1.807) is 4.40 Å². The zero-order valence-corrected chi connectivity index (χ0v) is 17.3. The predicted octanol–water partition coefficient (Wildman–Crippen LogP) is 3.85. The average molecular weight is 407 g/mol. The topological polar surface area (TPSA) is 72.7 Å². The van der Waals surface area contributed by atoms with E-state index in [1.807, 2.05) is 57.2 Å². The van der Waals surface area contributed by atoms with E-state index in [1.165, 1.54) is 17.4 Å². The first-order chi connectivity index (χ1) is 14.0. The van der Waals surface area contributed by atoms with E-state index in [9.17, 15) is 9.59 Å². The van der Waals surface area contributed by atoms with E-state index in [-0.39, 0.29) is 11.5 Å². The number of aryl methyl sites for hydroxylation is 2. The molecular formula is C22H21N3O3S. The summed E-state index contributed by atoms with van der Waals surface area (Å²) in [6.07, 6.45) is 0. The molecule has 148 valence electrons. The Morgan fingerprint density at radius 3 is 2.59 bits per heavy atom. The van der Waals surface area contributed by atoms with Gasteiger partial charge in [-0.05, 0) is 61.7 Å². The summed E-state index contributed by atoms with van der Waals surface area (Å²) in [6, 6.07) is 12.9. The highest BCUT2D eigenvalue weighted by molar-refractivity contribution is 7.18. The molecule has 1 amide bonds. The van der Waals surface area contributed by atoms with Crippen LogP contribution in [0, 0.1) is 13.8 Å². The first kappa shape index (κ1) is 19.1. The van der Waals surface area contributed by atoms with Gasteiger partial charge in [-0.25, -0.2) is 4.98 Å². The molecule has 0 atom stereocenters. The zero-order valence-electron chi connectivity index (χ0n) is 16.5. The maximum Gasteiger partial charge on any atom is 0.261 e. The molecule has 0 radical (unpaired) electrons. The molecule has 2 aromatic heterocycles. The van der Waals surface area contributed by atoms with Gasteiger partial charge >= 0.3 is 0 Å². The molecule has 0 fully saturated rings. The maximum absolute atomic E-state index is 12.7. The number of fused-ring (bicyclic) bond motifs is 3. The summed E-state index contributed by atoms with van der Waals surface area (Å²) in [5.41, 5.74) is 4.44. The normalized spacial score (nSPS) is 11.1. The number of carbonyl (C=O) groups is 1. The number of hydrogen-bond acceptors (Lipinski definition) is 5. The Hall–Kier alpha value is -3.19. The van der Waals surface area contributed by atoms with Crippen LogP contribution in [0.1, 0.15) is 33.3 Å². The number of amides is 1. The third kappa shape index (κ3) is 3.73. The van der Waals surface area contributed by atoms with Crippen molar-refractivity contribution in [1.29, 1.82) is 0 Å². The van der Waals surface area contributed by atoms with Gasteiger partial charge in [0.15, 0.2) is 4.96 Å². The Bertz CT molecular complexity index is 1270. The van der Waals surface area contributed by atoms with E-state index in [0.29, 0.717) is 23.0 Å². The second-order valence-electron chi connectivity index (χ2n) is 6.86. The van der Waals surface area contributed by atoms with E-state index < -0.39 is 0 Å². The minimum Gasteiger partial charge on any atom is -0.494 e. The predicted molar refractivity (Wildman–Crippen MR) is 115 cm³/mol. The van der Waals surface area contributed by atoms with Gasteiger partial charge in [-0.15, -0.1) is 0 Å². The van der Waals surface area contributed by atoms with Gasteiger partial charge in [-0.2, -0.15) is 0 Å². The summed E-state index contributed by atoms with van der Waals surface area (Å²) >= 11 is 1.21. The maximum atomic E-state index is 12.7. The molecule has 6 nitrogen and oxygen atoms in total. The fourth-order valence-electron chi connectivity index (χ4n) is 3.15. The van der Waals surface area contributed by atoms with Gasteiger partial charge in [0.2, 0.25) is 0 Å². The van der Waals surface area contributed by atoms with Crippen LogP contribution >= 0.6 is 11.3 Å². The molecule has 0 aliphatic rings. The summed E-state index contributed by atoms with van der Waals surface area (Å²) in [5, 5.41) is 2.87. The minimum absolute atomic E-state index is 0.254. The number of imidazole rings is 1. The van der Waals surface area contributed by atoms with Crippen molar-refractivity contribution in [1.82, 2.24) is 14.7 Å². The first-order valence-electron chi connectivity index (χ1n) is 9.39. The standard InChI is InChI=1S/C22H21N3O3S/c1-4-28-16-7-5-15(6-8-16)12-23-21(27)19-11-20(26)25-18-10-14(3)13(2)9-17(18)24-22(25)29-19/h5-11H,4,12H2,1-3H3,(H,23,27). The molecule has 0 bridgehead atoms. The van der Waals surface area contributed by atoms with Gasteiger partial charge in [0.05, 0.1) is 17.6 Å². The van der Waals surface area contributed by atoms with Crippen LogP contribution in [0.2, 0.25) is 0 Å². The Morgan fingerprint density at radius 1 is 1.14 bits per heavy atom. The highest BCUT2D eigenvalue weighted by Gasteiger charge is 2.14. The highest BCUT2D eigenvalue weighted by atomic mass is 32.1. The smallest absolute Gasteiger partial charge is 0.261 e. The van der Waals surface area contributed by atoms with E-state index in [0.717, 1.165) is 33.5 Å². The van der Waals surface area contributed by atoms with Gasteiger partial charge in [0.25, 0.3) is 11.5 Å². The molecule has 0 saturated carbocycles. The van der Waals surface area contributed by atoms with Crippen LogP contribution in [0.5, 0.6) is 5.75 Å².